The van der Waals surface area contributed by atoms with E-state index >= 15 is 0 Å². The number of aliphatic imine (C=N–C) groups is 1. The smallest absolute Gasteiger partial charge is 0.424 e. The molecule has 0 heterocycles. The van der Waals surface area contributed by atoms with Crippen molar-refractivity contribution >= 4 is 30.1 Å². The molecule has 0 aliphatic rings. The zero-order valence-corrected chi connectivity index (χ0v) is 16.5. The van der Waals surface area contributed by atoms with Crippen molar-refractivity contribution in [2.45, 2.75) is 58.9 Å². The maximum absolute atomic E-state index is 4.72. The van der Waals surface area contributed by atoms with E-state index in [9.17, 15) is 0 Å². The van der Waals surface area contributed by atoms with Gasteiger partial charge in [0.2, 0.25) is 0 Å². The molecule has 0 aliphatic carbocycles. The maximum Gasteiger partial charge on any atom is 1.00 e. The third-order valence-electron chi connectivity index (χ3n) is 2.09. The van der Waals surface area contributed by atoms with Crippen LogP contribution in [0.3, 0.4) is 0 Å². The number of hydrogen-bond donors (Lipinski definition) is 0. The second-order valence-electron chi connectivity index (χ2n) is 7.60. The van der Waals surface area contributed by atoms with Gasteiger partial charge in [0.25, 0.3) is 0 Å². The van der Waals surface area contributed by atoms with Crippen LogP contribution in [0, 0.1) is 5.29 Å². The summed E-state index contributed by atoms with van der Waals surface area (Å²) in [7, 11) is -3.70. The van der Waals surface area contributed by atoms with E-state index in [4.69, 9.17) is 4.99 Å². The first-order valence-electron chi connectivity index (χ1n) is 6.02. The van der Waals surface area contributed by atoms with E-state index in [1.54, 1.807) is 0 Å². The number of rotatable bonds is 4. The van der Waals surface area contributed by atoms with Crippen molar-refractivity contribution in [3.8, 4) is 0 Å². The van der Waals surface area contributed by atoms with E-state index in [0.29, 0.717) is 0 Å². The summed E-state index contributed by atoms with van der Waals surface area (Å²) < 4.78 is 0. The first-order valence-corrected chi connectivity index (χ1v) is 16.6. The molecule has 0 N–H and O–H groups in total. The second kappa shape index (κ2) is 6.65. The molecule has 0 fully saturated rings. The Morgan fingerprint density at radius 3 is 1.41 bits per heavy atom. The molecular formula is C12H28LiNSi3. The fourth-order valence-electron chi connectivity index (χ4n) is 1.75. The van der Waals surface area contributed by atoms with E-state index in [-0.39, 0.29) is 18.9 Å². The quantitative estimate of drug-likeness (QED) is 0.418. The van der Waals surface area contributed by atoms with Gasteiger partial charge in [-0.15, -0.1) is 11.0 Å². The van der Waals surface area contributed by atoms with Gasteiger partial charge in [-0.2, -0.15) is 0 Å². The predicted molar refractivity (Wildman–Crippen MR) is 85.3 cm³/mol. The monoisotopic (exact) mass is 277 g/mol. The van der Waals surface area contributed by atoms with Crippen molar-refractivity contribution in [3.63, 3.8) is 0 Å². The Kier molecular flexibility index (Phi) is 7.79. The zero-order valence-electron chi connectivity index (χ0n) is 13.5. The maximum atomic E-state index is 4.72. The normalized spacial score (nSPS) is 12.3. The molecule has 0 unspecified atom stereocenters. The zero-order chi connectivity index (χ0) is 13.2. The Hall–Kier alpha value is 0.568. The molecule has 0 aliphatic heterocycles. The van der Waals surface area contributed by atoms with Gasteiger partial charge in [0.1, 0.15) is 0 Å². The van der Waals surface area contributed by atoms with Crippen LogP contribution in [0.5, 0.6) is 0 Å². The van der Waals surface area contributed by atoms with Gasteiger partial charge in [0.15, 0.2) is 0 Å². The van der Waals surface area contributed by atoms with Crippen LogP contribution >= 0.6 is 0 Å². The summed E-state index contributed by atoms with van der Waals surface area (Å²) in [6, 6.07) is 0. The van der Waals surface area contributed by atoms with Crippen LogP contribution in [0.15, 0.2) is 10.7 Å². The van der Waals surface area contributed by atoms with Crippen LogP contribution in [0.25, 0.3) is 0 Å². The molecule has 0 saturated carbocycles. The second-order valence-corrected chi connectivity index (χ2v) is 23.1. The molecule has 0 radical (unpaired) electrons. The largest absolute Gasteiger partial charge is 1.00 e. The molecule has 0 amide bonds. The molecule has 94 valence electrons. The molecule has 1 nitrogen and oxygen atoms in total. The van der Waals surface area contributed by atoms with E-state index in [0.717, 1.165) is 0 Å². The van der Waals surface area contributed by atoms with Crippen molar-refractivity contribution in [2.24, 2.45) is 4.99 Å². The van der Waals surface area contributed by atoms with Gasteiger partial charge in [-0.1, -0.05) is 58.9 Å². The summed E-state index contributed by atoms with van der Waals surface area (Å²) >= 11 is 0. The van der Waals surface area contributed by atoms with Crippen LogP contribution in [-0.2, 0) is 0 Å². The topological polar surface area (TPSA) is 12.4 Å². The number of hydrogen-bond acceptors (Lipinski definition) is 1. The fraction of sp³-hybridized carbons (Fsp3) is 0.750. The molecule has 5 heteroatoms. The van der Waals surface area contributed by atoms with E-state index in [2.05, 4.69) is 70.5 Å². The van der Waals surface area contributed by atoms with Crippen LogP contribution < -0.4 is 18.9 Å². The van der Waals surface area contributed by atoms with Crippen molar-refractivity contribution in [1.29, 1.82) is 0 Å². The number of nitrogens with zero attached hydrogens (tertiary/aromatic N) is 1. The molecule has 0 aromatic carbocycles. The minimum Gasteiger partial charge on any atom is -0.424 e. The minimum atomic E-state index is -1.27. The molecule has 0 saturated heterocycles. The molecule has 0 aromatic rings. The van der Waals surface area contributed by atoms with E-state index < -0.39 is 24.2 Å². The van der Waals surface area contributed by atoms with Crippen LogP contribution in [-0.4, -0.2) is 30.1 Å². The van der Waals surface area contributed by atoms with Crippen molar-refractivity contribution in [2.75, 3.05) is 0 Å². The average Bonchev–Trinajstić information content (AvgIpc) is 1.90. The Bertz CT molecular complexity index is 274. The van der Waals surface area contributed by atoms with Gasteiger partial charge in [-0.25, -0.2) is 0 Å². The van der Waals surface area contributed by atoms with Gasteiger partial charge in [-0.3, -0.25) is 5.87 Å². The van der Waals surface area contributed by atoms with Crippen LogP contribution in [0.1, 0.15) is 0 Å². The Labute approximate surface area is 123 Å². The van der Waals surface area contributed by atoms with E-state index in [1.807, 2.05) is 0 Å². The summed E-state index contributed by atoms with van der Waals surface area (Å²) in [5, 5.41) is 1.49. The molecule has 0 atom stereocenters. The Morgan fingerprint density at radius 2 is 1.18 bits per heavy atom. The van der Waals surface area contributed by atoms with Crippen molar-refractivity contribution in [3.05, 3.63) is 11.0 Å². The summed E-state index contributed by atoms with van der Waals surface area (Å²) in [5.41, 5.74) is 2.22. The predicted octanol–water partition coefficient (Wildman–Crippen LogP) is 1.38. The Morgan fingerprint density at radius 1 is 0.824 bits per heavy atom. The van der Waals surface area contributed by atoms with Crippen LogP contribution in [0.2, 0.25) is 58.9 Å². The third kappa shape index (κ3) is 9.18. The minimum absolute atomic E-state index is 0. The van der Waals surface area contributed by atoms with Gasteiger partial charge >= 0.3 is 18.9 Å². The average molecular weight is 278 g/mol. The van der Waals surface area contributed by atoms with Gasteiger partial charge < -0.3 is 4.99 Å². The molecular weight excluding hydrogens is 249 g/mol. The van der Waals surface area contributed by atoms with Crippen molar-refractivity contribution in [1.82, 2.24) is 0 Å². The fourth-order valence-corrected chi connectivity index (χ4v) is 12.0. The van der Waals surface area contributed by atoms with Crippen LogP contribution in [0.4, 0.5) is 0 Å². The SMILES string of the molecule is C[Si](C)(C)C=C=N[C-]([Si](C)(C)C)[Si](C)(C)C.[Li+]. The van der Waals surface area contributed by atoms with E-state index in [1.165, 1.54) is 5.29 Å². The third-order valence-corrected chi connectivity index (χ3v) is 10.7. The summed E-state index contributed by atoms with van der Waals surface area (Å²) in [6.45, 7) is 21.3. The molecule has 0 spiro atoms. The summed E-state index contributed by atoms with van der Waals surface area (Å²) in [5.74, 6) is 3.23. The van der Waals surface area contributed by atoms with Gasteiger partial charge in [0, 0.05) is 16.1 Å². The first-order chi connectivity index (χ1) is 6.84. The Balaban J connectivity index is 0. The molecule has 0 aromatic heterocycles. The molecule has 0 bridgehead atoms. The standard InChI is InChI=1S/C12H28NSi3.Li/c1-14(2,3)11-10-13-12(15(4,5)6)16(7,8)9;/h11H,1-9H3;/q-1;+1. The van der Waals surface area contributed by atoms with Crippen molar-refractivity contribution < 1.29 is 18.9 Å². The first kappa shape index (κ1) is 19.9. The molecule has 0 rings (SSSR count). The summed E-state index contributed by atoms with van der Waals surface area (Å²) in [6.07, 6.45) is 0. The van der Waals surface area contributed by atoms with Gasteiger partial charge in [0.05, 0.1) is 8.07 Å². The summed E-state index contributed by atoms with van der Waals surface area (Å²) in [4.78, 5) is 4.72. The molecule has 17 heavy (non-hydrogen) atoms. The van der Waals surface area contributed by atoms with Gasteiger partial charge in [-0.05, 0) is 0 Å².